The summed E-state index contributed by atoms with van der Waals surface area (Å²) in [4.78, 5) is 4.37. The molecule has 0 spiro atoms. The first kappa shape index (κ1) is 17.0. The summed E-state index contributed by atoms with van der Waals surface area (Å²) in [6.07, 6.45) is 2.43. The van der Waals surface area contributed by atoms with Crippen LogP contribution in [0, 0.1) is 11.3 Å². The van der Waals surface area contributed by atoms with Crippen molar-refractivity contribution in [1.29, 1.82) is 5.26 Å². The third-order valence-electron chi connectivity index (χ3n) is 4.28. The molecular formula is C20H22N4O. The van der Waals surface area contributed by atoms with Gasteiger partial charge in [-0.1, -0.05) is 42.5 Å². The Hall–Kier alpha value is -2.84. The standard InChI is InChI=1S/C20H22N4O/c21-12-17-4-1-2-6-19(17)16-9-7-15(8-10-16)13-23-20(22)24-14-18-5-3-11-25-18/h1-2,4,6-10,18H,3,5,11,13-14H2,(H3,22,23,24). The van der Waals surface area contributed by atoms with Crippen molar-refractivity contribution in [3.05, 3.63) is 59.7 Å². The fraction of sp³-hybridized carbons (Fsp3) is 0.300. The molecule has 0 aromatic heterocycles. The van der Waals surface area contributed by atoms with Crippen molar-refractivity contribution in [2.75, 3.05) is 13.2 Å². The Morgan fingerprint density at radius 1 is 1.24 bits per heavy atom. The molecule has 25 heavy (non-hydrogen) atoms. The summed E-state index contributed by atoms with van der Waals surface area (Å²) >= 11 is 0. The van der Waals surface area contributed by atoms with E-state index >= 15 is 0 Å². The van der Waals surface area contributed by atoms with Gasteiger partial charge in [-0.25, -0.2) is 4.99 Å². The van der Waals surface area contributed by atoms with Crippen LogP contribution in [0.5, 0.6) is 0 Å². The summed E-state index contributed by atoms with van der Waals surface area (Å²) in [5.41, 5.74) is 9.62. The number of ether oxygens (including phenoxy) is 1. The number of hydrogen-bond donors (Lipinski definition) is 2. The minimum absolute atomic E-state index is 0.244. The van der Waals surface area contributed by atoms with E-state index in [1.807, 2.05) is 48.5 Å². The molecule has 3 rings (SSSR count). The molecule has 5 nitrogen and oxygen atoms in total. The summed E-state index contributed by atoms with van der Waals surface area (Å²) in [6, 6.07) is 17.9. The number of hydrogen-bond acceptors (Lipinski definition) is 3. The SMILES string of the molecule is N#Cc1ccccc1-c1ccc(CN=C(N)NCC2CCCO2)cc1. The van der Waals surface area contributed by atoms with Crippen LogP contribution in [0.3, 0.4) is 0 Å². The fourth-order valence-corrected chi connectivity index (χ4v) is 2.88. The molecule has 1 unspecified atom stereocenters. The van der Waals surface area contributed by atoms with Gasteiger partial charge in [0, 0.05) is 13.2 Å². The van der Waals surface area contributed by atoms with Gasteiger partial charge in [0.25, 0.3) is 0 Å². The summed E-state index contributed by atoms with van der Waals surface area (Å²) in [5.74, 6) is 0.439. The zero-order chi connectivity index (χ0) is 17.5. The number of aliphatic imine (C=N–C) groups is 1. The Labute approximate surface area is 148 Å². The first-order valence-electron chi connectivity index (χ1n) is 8.50. The van der Waals surface area contributed by atoms with Crippen LogP contribution in [-0.4, -0.2) is 25.2 Å². The molecule has 2 aromatic rings. The highest BCUT2D eigenvalue weighted by molar-refractivity contribution is 5.77. The van der Waals surface area contributed by atoms with E-state index in [1.165, 1.54) is 0 Å². The van der Waals surface area contributed by atoms with Gasteiger partial charge >= 0.3 is 0 Å². The van der Waals surface area contributed by atoms with E-state index in [0.29, 0.717) is 24.6 Å². The van der Waals surface area contributed by atoms with Gasteiger partial charge in [-0.05, 0) is 35.6 Å². The Kier molecular flexibility index (Phi) is 5.65. The van der Waals surface area contributed by atoms with Gasteiger partial charge in [0.05, 0.1) is 24.3 Å². The summed E-state index contributed by atoms with van der Waals surface area (Å²) < 4.78 is 5.54. The lowest BCUT2D eigenvalue weighted by Crippen LogP contribution is -2.37. The Balaban J connectivity index is 1.59. The van der Waals surface area contributed by atoms with E-state index in [0.717, 1.165) is 36.1 Å². The lowest BCUT2D eigenvalue weighted by Gasteiger charge is -2.11. The van der Waals surface area contributed by atoms with E-state index in [9.17, 15) is 5.26 Å². The number of nitriles is 1. The van der Waals surface area contributed by atoms with Crippen molar-refractivity contribution in [3.8, 4) is 17.2 Å². The van der Waals surface area contributed by atoms with Crippen LogP contribution in [0.15, 0.2) is 53.5 Å². The Morgan fingerprint density at radius 3 is 2.76 bits per heavy atom. The van der Waals surface area contributed by atoms with Gasteiger partial charge in [-0.3, -0.25) is 0 Å². The van der Waals surface area contributed by atoms with Gasteiger partial charge < -0.3 is 15.8 Å². The molecule has 2 aromatic carbocycles. The molecule has 5 heteroatoms. The third kappa shape index (κ3) is 4.59. The second-order valence-electron chi connectivity index (χ2n) is 6.07. The summed E-state index contributed by atoms with van der Waals surface area (Å²) in [6.45, 7) is 2.06. The molecule has 0 radical (unpaired) electrons. The normalized spacial score (nSPS) is 17.2. The monoisotopic (exact) mass is 334 g/mol. The van der Waals surface area contributed by atoms with Crippen LogP contribution in [0.2, 0.25) is 0 Å². The van der Waals surface area contributed by atoms with E-state index in [4.69, 9.17) is 10.5 Å². The second kappa shape index (κ2) is 8.32. The highest BCUT2D eigenvalue weighted by atomic mass is 16.5. The van der Waals surface area contributed by atoms with Gasteiger partial charge in [0.1, 0.15) is 0 Å². The van der Waals surface area contributed by atoms with E-state index < -0.39 is 0 Å². The average molecular weight is 334 g/mol. The molecule has 1 aliphatic heterocycles. The highest BCUT2D eigenvalue weighted by Gasteiger charge is 2.14. The quantitative estimate of drug-likeness (QED) is 0.650. The van der Waals surface area contributed by atoms with E-state index in [1.54, 1.807) is 0 Å². The molecule has 1 saturated heterocycles. The first-order chi connectivity index (χ1) is 12.3. The van der Waals surface area contributed by atoms with E-state index in [-0.39, 0.29) is 6.10 Å². The lowest BCUT2D eigenvalue weighted by molar-refractivity contribution is 0.114. The van der Waals surface area contributed by atoms with Gasteiger partial charge in [0.2, 0.25) is 0 Å². The van der Waals surface area contributed by atoms with Crippen LogP contribution in [-0.2, 0) is 11.3 Å². The molecule has 1 aliphatic rings. The number of rotatable bonds is 5. The largest absolute Gasteiger partial charge is 0.376 e. The molecule has 1 fully saturated rings. The lowest BCUT2D eigenvalue weighted by atomic mass is 9.99. The second-order valence-corrected chi connectivity index (χ2v) is 6.07. The maximum absolute atomic E-state index is 9.21. The molecule has 1 heterocycles. The molecule has 0 amide bonds. The predicted molar refractivity (Wildman–Crippen MR) is 98.9 cm³/mol. The van der Waals surface area contributed by atoms with Crippen LogP contribution in [0.25, 0.3) is 11.1 Å². The topological polar surface area (TPSA) is 83.4 Å². The summed E-state index contributed by atoms with van der Waals surface area (Å²) in [7, 11) is 0. The average Bonchev–Trinajstić information content (AvgIpc) is 3.19. The molecule has 128 valence electrons. The number of nitrogens with zero attached hydrogens (tertiary/aromatic N) is 2. The Morgan fingerprint density at radius 2 is 2.04 bits per heavy atom. The number of benzene rings is 2. The third-order valence-corrected chi connectivity index (χ3v) is 4.28. The molecule has 3 N–H and O–H groups in total. The minimum Gasteiger partial charge on any atom is -0.376 e. The summed E-state index contributed by atoms with van der Waals surface area (Å²) in [5, 5.41) is 12.3. The zero-order valence-corrected chi connectivity index (χ0v) is 14.1. The number of guanidine groups is 1. The smallest absolute Gasteiger partial charge is 0.189 e. The van der Waals surface area contributed by atoms with Crippen molar-refractivity contribution in [2.45, 2.75) is 25.5 Å². The van der Waals surface area contributed by atoms with Crippen LogP contribution in [0.4, 0.5) is 0 Å². The number of nitrogens with two attached hydrogens (primary N) is 1. The molecule has 0 saturated carbocycles. The van der Waals surface area contributed by atoms with Crippen LogP contribution < -0.4 is 11.1 Å². The number of nitrogens with one attached hydrogen (secondary N) is 1. The first-order valence-corrected chi connectivity index (χ1v) is 8.50. The molecule has 0 bridgehead atoms. The van der Waals surface area contributed by atoms with Crippen molar-refractivity contribution in [2.24, 2.45) is 10.7 Å². The van der Waals surface area contributed by atoms with Crippen LogP contribution in [0.1, 0.15) is 24.0 Å². The maximum Gasteiger partial charge on any atom is 0.189 e. The van der Waals surface area contributed by atoms with Gasteiger partial charge in [-0.15, -0.1) is 0 Å². The minimum atomic E-state index is 0.244. The maximum atomic E-state index is 9.21. The fourth-order valence-electron chi connectivity index (χ4n) is 2.88. The van der Waals surface area contributed by atoms with Gasteiger partial charge in [0.15, 0.2) is 5.96 Å². The van der Waals surface area contributed by atoms with E-state index in [2.05, 4.69) is 16.4 Å². The Bertz CT molecular complexity index is 771. The van der Waals surface area contributed by atoms with Crippen molar-refractivity contribution in [3.63, 3.8) is 0 Å². The van der Waals surface area contributed by atoms with Crippen molar-refractivity contribution < 1.29 is 4.74 Å². The molecular weight excluding hydrogens is 312 g/mol. The molecule has 1 atom stereocenters. The molecule has 0 aliphatic carbocycles. The van der Waals surface area contributed by atoms with Gasteiger partial charge in [-0.2, -0.15) is 5.26 Å². The zero-order valence-electron chi connectivity index (χ0n) is 14.1. The highest BCUT2D eigenvalue weighted by Crippen LogP contribution is 2.23. The van der Waals surface area contributed by atoms with Crippen molar-refractivity contribution in [1.82, 2.24) is 5.32 Å². The van der Waals surface area contributed by atoms with Crippen LogP contribution >= 0.6 is 0 Å². The predicted octanol–water partition coefficient (Wildman–Crippen LogP) is 2.81. The van der Waals surface area contributed by atoms with Crippen molar-refractivity contribution >= 4 is 5.96 Å².